The second-order valence-corrected chi connectivity index (χ2v) is 8.18. The van der Waals surface area contributed by atoms with Gasteiger partial charge in [-0.3, -0.25) is 9.78 Å². The quantitative estimate of drug-likeness (QED) is 0.669. The van der Waals surface area contributed by atoms with Gasteiger partial charge in [0.05, 0.1) is 4.90 Å². The number of sulfonamides is 1. The molecule has 1 amide bonds. The molecular weight excluding hydrogens is 374 g/mol. The zero-order valence-electron chi connectivity index (χ0n) is 15.6. The summed E-state index contributed by atoms with van der Waals surface area (Å²) in [6, 6.07) is 15.1. The summed E-state index contributed by atoms with van der Waals surface area (Å²) in [6.07, 6.45) is 3.20. The van der Waals surface area contributed by atoms with Crippen molar-refractivity contribution in [3.8, 4) is 0 Å². The number of hydrogen-bond acceptors (Lipinski definition) is 4. The molecule has 0 saturated carbocycles. The lowest BCUT2D eigenvalue weighted by Gasteiger charge is -2.11. The summed E-state index contributed by atoms with van der Waals surface area (Å²) in [6.45, 7) is 4.03. The number of rotatable bonds is 6. The number of anilines is 1. The maximum absolute atomic E-state index is 12.6. The molecule has 3 rings (SSSR count). The number of benzene rings is 2. The smallest absolute Gasteiger partial charge is 0.255 e. The zero-order valence-corrected chi connectivity index (χ0v) is 16.5. The van der Waals surface area contributed by atoms with Gasteiger partial charge in [0, 0.05) is 30.2 Å². The summed E-state index contributed by atoms with van der Waals surface area (Å²) in [7, 11) is -3.75. The first-order chi connectivity index (χ1) is 13.4. The van der Waals surface area contributed by atoms with Crippen LogP contribution in [0.3, 0.4) is 0 Å². The van der Waals surface area contributed by atoms with Gasteiger partial charge in [0.2, 0.25) is 10.0 Å². The molecule has 28 heavy (non-hydrogen) atoms. The molecule has 1 aromatic heterocycles. The first kappa shape index (κ1) is 19.7. The Morgan fingerprint density at radius 1 is 1.00 bits per heavy atom. The molecule has 1 heterocycles. The molecule has 6 nitrogen and oxygen atoms in total. The predicted molar refractivity (Wildman–Crippen MR) is 109 cm³/mol. The Balaban J connectivity index is 1.77. The number of nitrogens with one attached hydrogen (secondary N) is 2. The molecule has 2 aromatic carbocycles. The van der Waals surface area contributed by atoms with Crippen molar-refractivity contribution >= 4 is 21.6 Å². The summed E-state index contributed by atoms with van der Waals surface area (Å²) in [5.41, 5.74) is 3.80. The van der Waals surface area contributed by atoms with Crippen LogP contribution in [0.2, 0.25) is 0 Å². The summed E-state index contributed by atoms with van der Waals surface area (Å²) < 4.78 is 27.7. The molecule has 0 atom stereocenters. The minimum absolute atomic E-state index is 0.0372. The number of nitrogens with zero attached hydrogens (tertiary/aromatic N) is 1. The van der Waals surface area contributed by atoms with E-state index in [-0.39, 0.29) is 22.9 Å². The molecule has 0 fully saturated rings. The van der Waals surface area contributed by atoms with Crippen LogP contribution in [-0.2, 0) is 16.6 Å². The molecule has 0 unspecified atom stereocenters. The van der Waals surface area contributed by atoms with Gasteiger partial charge in [-0.15, -0.1) is 0 Å². The number of pyridine rings is 1. The number of amides is 1. The van der Waals surface area contributed by atoms with E-state index in [1.54, 1.807) is 36.7 Å². The second kappa shape index (κ2) is 8.33. The van der Waals surface area contributed by atoms with Crippen LogP contribution >= 0.6 is 0 Å². The highest BCUT2D eigenvalue weighted by molar-refractivity contribution is 7.89. The SMILES string of the molecule is Cc1cccc(NC(=O)c2cccc(S(=O)(=O)NCc3ccncc3)c2)c1C. The van der Waals surface area contributed by atoms with E-state index < -0.39 is 10.0 Å². The van der Waals surface area contributed by atoms with Crippen molar-refractivity contribution in [3.05, 3.63) is 89.2 Å². The van der Waals surface area contributed by atoms with Gasteiger partial charge in [-0.05, 0) is 66.9 Å². The Morgan fingerprint density at radius 3 is 2.46 bits per heavy atom. The first-order valence-electron chi connectivity index (χ1n) is 8.73. The normalized spacial score (nSPS) is 11.2. The Hall–Kier alpha value is -3.03. The molecule has 0 aliphatic rings. The Bertz CT molecular complexity index is 1100. The highest BCUT2D eigenvalue weighted by Gasteiger charge is 2.16. The minimum atomic E-state index is -3.75. The molecular formula is C21H21N3O3S. The van der Waals surface area contributed by atoms with E-state index in [1.807, 2.05) is 32.0 Å². The number of aromatic nitrogens is 1. The van der Waals surface area contributed by atoms with Crippen LogP contribution in [0.1, 0.15) is 27.0 Å². The van der Waals surface area contributed by atoms with Crippen molar-refractivity contribution in [2.45, 2.75) is 25.3 Å². The van der Waals surface area contributed by atoms with E-state index in [2.05, 4.69) is 15.0 Å². The van der Waals surface area contributed by atoms with E-state index in [1.165, 1.54) is 12.1 Å². The van der Waals surface area contributed by atoms with Crippen LogP contribution in [0.4, 0.5) is 5.69 Å². The van der Waals surface area contributed by atoms with Crippen LogP contribution in [-0.4, -0.2) is 19.3 Å². The molecule has 2 N–H and O–H groups in total. The lowest BCUT2D eigenvalue weighted by molar-refractivity contribution is 0.102. The first-order valence-corrected chi connectivity index (χ1v) is 10.2. The van der Waals surface area contributed by atoms with E-state index in [4.69, 9.17) is 0 Å². The third-order valence-electron chi connectivity index (χ3n) is 4.48. The monoisotopic (exact) mass is 395 g/mol. The van der Waals surface area contributed by atoms with Crippen molar-refractivity contribution in [2.24, 2.45) is 0 Å². The maximum atomic E-state index is 12.6. The fourth-order valence-corrected chi connectivity index (χ4v) is 3.71. The van der Waals surface area contributed by atoms with Crippen molar-refractivity contribution in [3.63, 3.8) is 0 Å². The molecule has 3 aromatic rings. The third kappa shape index (κ3) is 4.62. The fraction of sp³-hybridized carbons (Fsp3) is 0.143. The number of carbonyl (C=O) groups excluding carboxylic acids is 1. The molecule has 7 heteroatoms. The summed E-state index contributed by atoms with van der Waals surface area (Å²) >= 11 is 0. The molecule has 0 aliphatic carbocycles. The van der Waals surface area contributed by atoms with E-state index in [0.29, 0.717) is 5.69 Å². The molecule has 0 bridgehead atoms. The standard InChI is InChI=1S/C21H21N3O3S/c1-15-5-3-8-20(16(15)2)24-21(25)18-6-4-7-19(13-18)28(26,27)23-14-17-9-11-22-12-10-17/h3-13,23H,14H2,1-2H3,(H,24,25). The van der Waals surface area contributed by atoms with Crippen LogP contribution in [0.25, 0.3) is 0 Å². The lowest BCUT2D eigenvalue weighted by atomic mass is 10.1. The largest absolute Gasteiger partial charge is 0.322 e. The van der Waals surface area contributed by atoms with Gasteiger partial charge in [0.1, 0.15) is 0 Å². The van der Waals surface area contributed by atoms with Gasteiger partial charge in [-0.2, -0.15) is 0 Å². The average Bonchev–Trinajstić information content (AvgIpc) is 2.71. The van der Waals surface area contributed by atoms with Crippen LogP contribution in [0.15, 0.2) is 71.9 Å². The second-order valence-electron chi connectivity index (χ2n) is 6.41. The van der Waals surface area contributed by atoms with Crippen molar-refractivity contribution in [1.82, 2.24) is 9.71 Å². The molecule has 144 valence electrons. The van der Waals surface area contributed by atoms with Crippen LogP contribution in [0.5, 0.6) is 0 Å². The van der Waals surface area contributed by atoms with Crippen molar-refractivity contribution in [1.29, 1.82) is 0 Å². The number of aryl methyl sites for hydroxylation is 1. The highest BCUT2D eigenvalue weighted by atomic mass is 32.2. The van der Waals surface area contributed by atoms with Gasteiger partial charge in [-0.1, -0.05) is 18.2 Å². The zero-order chi connectivity index (χ0) is 20.1. The fourth-order valence-electron chi connectivity index (χ4n) is 2.65. The maximum Gasteiger partial charge on any atom is 0.255 e. The van der Waals surface area contributed by atoms with Crippen molar-refractivity contribution < 1.29 is 13.2 Å². The van der Waals surface area contributed by atoms with Gasteiger partial charge in [0.25, 0.3) is 5.91 Å². The van der Waals surface area contributed by atoms with E-state index >= 15 is 0 Å². The Labute approximate surface area is 164 Å². The predicted octanol–water partition coefficient (Wildman–Crippen LogP) is 3.43. The molecule has 0 saturated heterocycles. The Morgan fingerprint density at radius 2 is 1.71 bits per heavy atom. The lowest BCUT2D eigenvalue weighted by Crippen LogP contribution is -2.23. The van der Waals surface area contributed by atoms with Crippen LogP contribution in [0, 0.1) is 13.8 Å². The Kier molecular flexibility index (Phi) is 5.87. The highest BCUT2D eigenvalue weighted by Crippen LogP contribution is 2.20. The third-order valence-corrected chi connectivity index (χ3v) is 5.87. The molecule has 0 radical (unpaired) electrons. The van der Waals surface area contributed by atoms with E-state index in [9.17, 15) is 13.2 Å². The summed E-state index contributed by atoms with van der Waals surface area (Å²) in [4.78, 5) is 16.5. The summed E-state index contributed by atoms with van der Waals surface area (Å²) in [5, 5.41) is 2.84. The van der Waals surface area contributed by atoms with E-state index in [0.717, 1.165) is 16.7 Å². The average molecular weight is 395 g/mol. The van der Waals surface area contributed by atoms with Gasteiger partial charge in [-0.25, -0.2) is 13.1 Å². The topological polar surface area (TPSA) is 88.2 Å². The number of hydrogen-bond donors (Lipinski definition) is 2. The molecule has 0 aliphatic heterocycles. The summed E-state index contributed by atoms with van der Waals surface area (Å²) in [5.74, 6) is -0.361. The van der Waals surface area contributed by atoms with Gasteiger partial charge in [0.15, 0.2) is 0 Å². The minimum Gasteiger partial charge on any atom is -0.322 e. The number of carbonyl (C=O) groups is 1. The van der Waals surface area contributed by atoms with Crippen LogP contribution < -0.4 is 10.0 Å². The van der Waals surface area contributed by atoms with Crippen molar-refractivity contribution in [2.75, 3.05) is 5.32 Å². The molecule has 0 spiro atoms. The van der Waals surface area contributed by atoms with Gasteiger partial charge >= 0.3 is 0 Å². The van der Waals surface area contributed by atoms with Gasteiger partial charge < -0.3 is 5.32 Å².